The Morgan fingerprint density at radius 3 is 2.47 bits per heavy atom. The number of aromatic amines is 1. The normalized spacial score (nSPS) is 10.2. The SMILES string of the molecule is NCc1ccc(-c2cnc(=O)[nH]c2)cc1. The molecule has 3 N–H and O–H groups in total. The molecule has 1 aromatic heterocycles. The number of nitrogens with one attached hydrogen (secondary N) is 1. The number of nitrogens with zero attached hydrogens (tertiary/aromatic N) is 1. The van der Waals surface area contributed by atoms with Crippen LogP contribution in [0.1, 0.15) is 5.56 Å². The zero-order chi connectivity index (χ0) is 10.7. The number of hydrogen-bond donors (Lipinski definition) is 2. The molecule has 1 heterocycles. The van der Waals surface area contributed by atoms with Crippen LogP contribution < -0.4 is 11.4 Å². The van der Waals surface area contributed by atoms with E-state index in [0.29, 0.717) is 6.54 Å². The van der Waals surface area contributed by atoms with Gasteiger partial charge in [0.25, 0.3) is 0 Å². The van der Waals surface area contributed by atoms with Crippen LogP contribution in [0.2, 0.25) is 0 Å². The topological polar surface area (TPSA) is 71.8 Å². The van der Waals surface area contributed by atoms with Gasteiger partial charge in [-0.3, -0.25) is 0 Å². The smallest absolute Gasteiger partial charge is 0.326 e. The van der Waals surface area contributed by atoms with Crippen molar-refractivity contribution in [3.8, 4) is 11.1 Å². The van der Waals surface area contributed by atoms with Gasteiger partial charge in [-0.05, 0) is 11.1 Å². The van der Waals surface area contributed by atoms with Gasteiger partial charge < -0.3 is 10.7 Å². The quantitative estimate of drug-likeness (QED) is 0.758. The summed E-state index contributed by atoms with van der Waals surface area (Å²) in [4.78, 5) is 17.0. The van der Waals surface area contributed by atoms with Gasteiger partial charge in [0.15, 0.2) is 0 Å². The molecular weight excluding hydrogens is 190 g/mol. The summed E-state index contributed by atoms with van der Waals surface area (Å²) in [5.74, 6) is 0. The third-order valence-corrected chi connectivity index (χ3v) is 2.20. The van der Waals surface area contributed by atoms with Crippen LogP contribution in [-0.2, 0) is 6.54 Å². The first-order valence-electron chi connectivity index (χ1n) is 4.64. The number of rotatable bonds is 2. The van der Waals surface area contributed by atoms with E-state index in [1.165, 1.54) is 0 Å². The third kappa shape index (κ3) is 2.11. The molecule has 0 atom stereocenters. The van der Waals surface area contributed by atoms with Crippen molar-refractivity contribution >= 4 is 0 Å². The Hall–Kier alpha value is -1.94. The van der Waals surface area contributed by atoms with Gasteiger partial charge >= 0.3 is 5.69 Å². The summed E-state index contributed by atoms with van der Waals surface area (Å²) in [5, 5.41) is 0. The molecule has 0 fully saturated rings. The van der Waals surface area contributed by atoms with Gasteiger partial charge in [0.05, 0.1) is 0 Å². The second-order valence-corrected chi connectivity index (χ2v) is 3.21. The molecule has 0 spiro atoms. The molecular formula is C11H11N3O. The lowest BCUT2D eigenvalue weighted by Gasteiger charge is -2.01. The predicted molar refractivity (Wildman–Crippen MR) is 58.2 cm³/mol. The van der Waals surface area contributed by atoms with Crippen LogP contribution in [0.25, 0.3) is 11.1 Å². The molecule has 4 nitrogen and oxygen atoms in total. The summed E-state index contributed by atoms with van der Waals surface area (Å²) in [7, 11) is 0. The molecule has 0 saturated heterocycles. The second kappa shape index (κ2) is 4.06. The summed E-state index contributed by atoms with van der Waals surface area (Å²) < 4.78 is 0. The van der Waals surface area contributed by atoms with Crippen LogP contribution in [-0.4, -0.2) is 9.97 Å². The first-order valence-corrected chi connectivity index (χ1v) is 4.64. The highest BCUT2D eigenvalue weighted by atomic mass is 16.1. The van der Waals surface area contributed by atoms with Crippen LogP contribution in [0, 0.1) is 0 Å². The summed E-state index contributed by atoms with van der Waals surface area (Å²) in [6.45, 7) is 0.532. The van der Waals surface area contributed by atoms with Gasteiger partial charge in [-0.2, -0.15) is 0 Å². The first kappa shape index (κ1) is 9.61. The van der Waals surface area contributed by atoms with Crippen molar-refractivity contribution in [3.05, 3.63) is 52.7 Å². The van der Waals surface area contributed by atoms with E-state index in [1.807, 2.05) is 24.3 Å². The standard InChI is InChI=1S/C11H11N3O/c12-5-8-1-3-9(4-2-8)10-6-13-11(15)14-7-10/h1-4,6-7H,5,12H2,(H,13,14,15). The van der Waals surface area contributed by atoms with Crippen LogP contribution in [0.15, 0.2) is 41.5 Å². The lowest BCUT2D eigenvalue weighted by Crippen LogP contribution is -2.07. The Morgan fingerprint density at radius 1 is 1.20 bits per heavy atom. The van der Waals surface area contributed by atoms with Crippen molar-refractivity contribution in [2.75, 3.05) is 0 Å². The van der Waals surface area contributed by atoms with E-state index in [0.717, 1.165) is 16.7 Å². The van der Waals surface area contributed by atoms with Gasteiger partial charge in [0.2, 0.25) is 0 Å². The average molecular weight is 201 g/mol. The minimum absolute atomic E-state index is 0.336. The lowest BCUT2D eigenvalue weighted by atomic mass is 10.1. The molecule has 2 rings (SSSR count). The zero-order valence-corrected chi connectivity index (χ0v) is 8.10. The van der Waals surface area contributed by atoms with Crippen molar-refractivity contribution in [1.29, 1.82) is 0 Å². The van der Waals surface area contributed by atoms with Crippen LogP contribution in [0.3, 0.4) is 0 Å². The molecule has 0 aliphatic carbocycles. The van der Waals surface area contributed by atoms with E-state index in [2.05, 4.69) is 9.97 Å². The molecule has 0 aliphatic rings. The van der Waals surface area contributed by atoms with Crippen LogP contribution in [0.4, 0.5) is 0 Å². The van der Waals surface area contributed by atoms with E-state index in [-0.39, 0.29) is 5.69 Å². The largest absolute Gasteiger partial charge is 0.344 e. The Kier molecular flexibility index (Phi) is 2.60. The maximum absolute atomic E-state index is 10.8. The Morgan fingerprint density at radius 2 is 1.93 bits per heavy atom. The van der Waals surface area contributed by atoms with E-state index in [4.69, 9.17) is 5.73 Å². The molecule has 0 radical (unpaired) electrons. The van der Waals surface area contributed by atoms with Crippen LogP contribution >= 0.6 is 0 Å². The monoisotopic (exact) mass is 201 g/mol. The maximum atomic E-state index is 10.8. The summed E-state index contributed by atoms with van der Waals surface area (Å²) in [6, 6.07) is 7.83. The number of aromatic nitrogens is 2. The first-order chi connectivity index (χ1) is 7.29. The van der Waals surface area contributed by atoms with Crippen molar-refractivity contribution in [1.82, 2.24) is 9.97 Å². The second-order valence-electron chi connectivity index (χ2n) is 3.21. The summed E-state index contributed by atoms with van der Waals surface area (Å²) in [5.41, 5.74) is 8.14. The molecule has 0 saturated carbocycles. The van der Waals surface area contributed by atoms with Gasteiger partial charge in [0.1, 0.15) is 0 Å². The molecule has 0 aliphatic heterocycles. The molecule has 0 bridgehead atoms. The molecule has 2 aromatic rings. The van der Waals surface area contributed by atoms with Gasteiger partial charge in [-0.1, -0.05) is 24.3 Å². The highest BCUT2D eigenvalue weighted by Crippen LogP contribution is 2.16. The molecule has 1 aromatic carbocycles. The minimum Gasteiger partial charge on any atom is -0.326 e. The number of benzene rings is 1. The Balaban J connectivity index is 2.37. The highest BCUT2D eigenvalue weighted by Gasteiger charge is 1.97. The number of H-pyrrole nitrogens is 1. The molecule has 76 valence electrons. The fraction of sp³-hybridized carbons (Fsp3) is 0.0909. The Bertz CT molecular complexity index is 481. The van der Waals surface area contributed by atoms with Gasteiger partial charge in [-0.15, -0.1) is 0 Å². The lowest BCUT2D eigenvalue weighted by molar-refractivity contribution is 1.07. The summed E-state index contributed by atoms with van der Waals surface area (Å²) in [6.07, 6.45) is 3.20. The minimum atomic E-state index is -0.336. The van der Waals surface area contributed by atoms with Crippen molar-refractivity contribution in [3.63, 3.8) is 0 Å². The van der Waals surface area contributed by atoms with Crippen molar-refractivity contribution < 1.29 is 0 Å². The van der Waals surface area contributed by atoms with E-state index < -0.39 is 0 Å². The van der Waals surface area contributed by atoms with E-state index in [9.17, 15) is 4.79 Å². The van der Waals surface area contributed by atoms with Crippen molar-refractivity contribution in [2.24, 2.45) is 5.73 Å². The number of hydrogen-bond acceptors (Lipinski definition) is 3. The summed E-state index contributed by atoms with van der Waals surface area (Å²) >= 11 is 0. The van der Waals surface area contributed by atoms with E-state index in [1.54, 1.807) is 12.4 Å². The highest BCUT2D eigenvalue weighted by molar-refractivity contribution is 5.61. The third-order valence-electron chi connectivity index (χ3n) is 2.20. The Labute approximate surface area is 86.8 Å². The number of nitrogens with two attached hydrogens (primary N) is 1. The molecule has 0 amide bonds. The van der Waals surface area contributed by atoms with Crippen molar-refractivity contribution in [2.45, 2.75) is 6.54 Å². The predicted octanol–water partition coefficient (Wildman–Crippen LogP) is 0.896. The molecule has 15 heavy (non-hydrogen) atoms. The van der Waals surface area contributed by atoms with Gasteiger partial charge in [-0.25, -0.2) is 9.78 Å². The van der Waals surface area contributed by atoms with E-state index >= 15 is 0 Å². The van der Waals surface area contributed by atoms with Crippen LogP contribution in [0.5, 0.6) is 0 Å². The zero-order valence-electron chi connectivity index (χ0n) is 8.10. The fourth-order valence-electron chi connectivity index (χ4n) is 1.33. The average Bonchev–Trinajstić information content (AvgIpc) is 2.30. The maximum Gasteiger partial charge on any atom is 0.344 e. The fourth-order valence-corrected chi connectivity index (χ4v) is 1.33. The molecule has 0 unspecified atom stereocenters. The molecule has 4 heteroatoms. The van der Waals surface area contributed by atoms with Gasteiger partial charge in [0, 0.05) is 24.5 Å².